The molecule has 5 atom stereocenters. The van der Waals surface area contributed by atoms with Gasteiger partial charge in [0.1, 0.15) is 11.9 Å². The van der Waals surface area contributed by atoms with Crippen molar-refractivity contribution in [2.45, 2.75) is 94.4 Å². The average molecular weight is 675 g/mol. The van der Waals surface area contributed by atoms with Crippen molar-refractivity contribution in [1.29, 1.82) is 0 Å². The number of aromatic hydroxyl groups is 1. The zero-order valence-electron chi connectivity index (χ0n) is 28.6. The minimum atomic E-state index is -0.841. The van der Waals surface area contributed by atoms with E-state index in [-0.39, 0.29) is 49.1 Å². The van der Waals surface area contributed by atoms with Crippen molar-refractivity contribution in [2.75, 3.05) is 18.6 Å². The standard InChI is InChI=1S/C41H46N4O5/c1-2-6-25(46)18-27(48)19-26(47)14-12-24-13-15-36(49)37(17-24)50-23-45-21-30-33(20-43-35(30)22-45)41-16-5-10-31(41)28-7-4-11-34-39(28)38-29(40(42)44-34)8-3-9-32(38)41/h3-4,7-9,11,13,15,17,20,22,25,27,31,40,44,46,48-49H,2,5-6,10,12,14,16,18-19,21,23,42H2,1H3/t25-,27+,31+,40+,41+/m0/s1. The molecule has 260 valence electrons. The van der Waals surface area contributed by atoms with Gasteiger partial charge in [0.25, 0.3) is 0 Å². The van der Waals surface area contributed by atoms with Gasteiger partial charge in [-0.15, -0.1) is 0 Å². The Balaban J connectivity index is 0.981. The lowest BCUT2D eigenvalue weighted by molar-refractivity contribution is -0.121. The molecular formula is C41H46N4O5. The van der Waals surface area contributed by atoms with Crippen molar-refractivity contribution in [3.05, 3.63) is 99.9 Å². The van der Waals surface area contributed by atoms with Gasteiger partial charge in [-0.2, -0.15) is 0 Å². The molecule has 5 aliphatic rings. The number of nitrogens with zero attached hydrogens (tertiary/aromatic N) is 2. The number of aliphatic hydroxyl groups excluding tert-OH is 2. The predicted molar refractivity (Wildman–Crippen MR) is 194 cm³/mol. The minimum absolute atomic E-state index is 0.0270. The highest BCUT2D eigenvalue weighted by atomic mass is 16.5. The summed E-state index contributed by atoms with van der Waals surface area (Å²) in [5.74, 6) is 0.691. The highest BCUT2D eigenvalue weighted by Crippen LogP contribution is 2.65. The summed E-state index contributed by atoms with van der Waals surface area (Å²) in [6.45, 7) is 2.87. The Kier molecular flexibility index (Phi) is 8.53. The number of phenolic OH excluding ortho intramolecular Hbond substituents is 1. The molecule has 6 N–H and O–H groups in total. The molecule has 3 heterocycles. The molecule has 1 fully saturated rings. The fourth-order valence-corrected chi connectivity index (χ4v) is 9.28. The third-order valence-corrected chi connectivity index (χ3v) is 11.4. The molecule has 3 aromatic rings. The molecule has 0 unspecified atom stereocenters. The van der Waals surface area contributed by atoms with Crippen LogP contribution in [0.5, 0.6) is 11.5 Å². The van der Waals surface area contributed by atoms with Gasteiger partial charge in [-0.25, -0.2) is 0 Å². The second-order valence-electron chi connectivity index (χ2n) is 14.6. The summed E-state index contributed by atoms with van der Waals surface area (Å²) in [6, 6.07) is 18.4. The number of hydrogen-bond donors (Lipinski definition) is 5. The van der Waals surface area contributed by atoms with Gasteiger partial charge in [0.15, 0.2) is 18.2 Å². The molecule has 1 saturated carbocycles. The fourth-order valence-electron chi connectivity index (χ4n) is 9.28. The largest absolute Gasteiger partial charge is 0.504 e. The quantitative estimate of drug-likeness (QED) is 0.142. The van der Waals surface area contributed by atoms with E-state index in [9.17, 15) is 20.1 Å². The summed E-state index contributed by atoms with van der Waals surface area (Å²) in [4.78, 5) is 19.6. The SMILES string of the molecule is CCC[C@H](O)C[C@@H](O)CC(=O)CCc1ccc(O)c(OCN2C=C3N=CC([C@]45CCC[C@@H]4c4cccc6c4-c4c(cccc45)[C@H](N)N6)=C3C2)c1. The normalized spacial score (nSPS) is 23.6. The Bertz CT molecular complexity index is 1930. The number of Topliss-reactive ketones (excluding diaryl/α,β-unsaturated/α-hetero) is 1. The number of aryl methyl sites for hydroxylation is 1. The van der Waals surface area contributed by atoms with Gasteiger partial charge in [0.05, 0.1) is 17.9 Å². The van der Waals surface area contributed by atoms with Gasteiger partial charge in [-0.05, 0) is 89.6 Å². The van der Waals surface area contributed by atoms with Crippen molar-refractivity contribution in [2.24, 2.45) is 10.7 Å². The molecule has 3 aromatic carbocycles. The number of carbonyl (C=O) groups is 1. The van der Waals surface area contributed by atoms with Crippen LogP contribution in [0.15, 0.2) is 82.6 Å². The van der Waals surface area contributed by atoms with Crippen LogP contribution in [0.1, 0.15) is 92.6 Å². The second kappa shape index (κ2) is 13.0. The van der Waals surface area contributed by atoms with Crippen LogP contribution in [0.25, 0.3) is 11.1 Å². The molecule has 2 aliphatic carbocycles. The monoisotopic (exact) mass is 674 g/mol. The lowest BCUT2D eigenvalue weighted by Gasteiger charge is -2.46. The van der Waals surface area contributed by atoms with Gasteiger partial charge in [0.2, 0.25) is 0 Å². The van der Waals surface area contributed by atoms with E-state index in [0.717, 1.165) is 48.2 Å². The molecule has 50 heavy (non-hydrogen) atoms. The number of rotatable bonds is 13. The second-order valence-corrected chi connectivity index (χ2v) is 14.6. The molecular weight excluding hydrogens is 628 g/mol. The average Bonchev–Trinajstić information content (AvgIpc) is 3.82. The maximum Gasteiger partial charge on any atom is 0.163 e. The van der Waals surface area contributed by atoms with Crippen LogP contribution in [-0.4, -0.2) is 57.7 Å². The lowest BCUT2D eigenvalue weighted by atomic mass is 9.57. The van der Waals surface area contributed by atoms with Crippen LogP contribution in [0.3, 0.4) is 0 Å². The van der Waals surface area contributed by atoms with E-state index in [1.54, 1.807) is 18.2 Å². The third kappa shape index (κ3) is 5.52. The molecule has 3 aliphatic heterocycles. The third-order valence-electron chi connectivity index (χ3n) is 11.4. The van der Waals surface area contributed by atoms with Crippen LogP contribution in [0.2, 0.25) is 0 Å². The smallest absolute Gasteiger partial charge is 0.163 e. The number of aliphatic hydroxyl groups is 2. The number of ether oxygens (including phenoxy) is 1. The first-order chi connectivity index (χ1) is 24.3. The summed E-state index contributed by atoms with van der Waals surface area (Å²) in [5, 5.41) is 34.3. The number of fused-ring (bicyclic) bond motifs is 4. The van der Waals surface area contributed by atoms with Crippen LogP contribution >= 0.6 is 0 Å². The van der Waals surface area contributed by atoms with Crippen molar-refractivity contribution in [3.63, 3.8) is 0 Å². The first-order valence-corrected chi connectivity index (χ1v) is 18.1. The van der Waals surface area contributed by atoms with E-state index in [2.05, 4.69) is 59.0 Å². The van der Waals surface area contributed by atoms with Crippen LogP contribution in [0, 0.1) is 0 Å². The van der Waals surface area contributed by atoms with E-state index in [0.29, 0.717) is 31.1 Å². The van der Waals surface area contributed by atoms with E-state index in [1.807, 2.05) is 6.92 Å². The maximum absolute atomic E-state index is 12.5. The first-order valence-electron chi connectivity index (χ1n) is 18.1. The van der Waals surface area contributed by atoms with Gasteiger partial charge in [0, 0.05) is 54.0 Å². The first kappa shape index (κ1) is 32.7. The molecule has 0 aromatic heterocycles. The summed E-state index contributed by atoms with van der Waals surface area (Å²) in [6.07, 6.45) is 8.19. The van der Waals surface area contributed by atoms with Crippen molar-refractivity contribution in [3.8, 4) is 22.6 Å². The van der Waals surface area contributed by atoms with Gasteiger partial charge < -0.3 is 36.0 Å². The highest BCUT2D eigenvalue weighted by molar-refractivity contribution is 5.97. The minimum Gasteiger partial charge on any atom is -0.504 e. The Morgan fingerprint density at radius 2 is 1.96 bits per heavy atom. The topological polar surface area (TPSA) is 141 Å². The Labute approximate surface area is 293 Å². The molecule has 0 radical (unpaired) electrons. The number of benzene rings is 3. The number of nitrogens with one attached hydrogen (secondary N) is 1. The van der Waals surface area contributed by atoms with Crippen LogP contribution in [0.4, 0.5) is 5.69 Å². The van der Waals surface area contributed by atoms with Gasteiger partial charge in [-0.1, -0.05) is 56.2 Å². The van der Waals surface area contributed by atoms with Crippen molar-refractivity contribution in [1.82, 2.24) is 4.90 Å². The Hall–Kier alpha value is -4.44. The molecule has 0 spiro atoms. The number of hydrogen-bond acceptors (Lipinski definition) is 9. The fraction of sp³-hybridized carbons (Fsp3) is 0.415. The van der Waals surface area contributed by atoms with Gasteiger partial charge >= 0.3 is 0 Å². The number of phenols is 1. The Morgan fingerprint density at radius 1 is 1.12 bits per heavy atom. The van der Waals surface area contributed by atoms with E-state index in [1.165, 1.54) is 33.4 Å². The summed E-state index contributed by atoms with van der Waals surface area (Å²) >= 11 is 0. The molecule has 0 saturated heterocycles. The molecule has 9 nitrogen and oxygen atoms in total. The van der Waals surface area contributed by atoms with Crippen LogP contribution in [-0.2, 0) is 16.6 Å². The summed E-state index contributed by atoms with van der Waals surface area (Å²) < 4.78 is 6.16. The number of nitrogens with two attached hydrogens (primary N) is 1. The van der Waals surface area contributed by atoms with E-state index in [4.69, 9.17) is 15.5 Å². The molecule has 9 heteroatoms. The zero-order valence-corrected chi connectivity index (χ0v) is 28.6. The van der Waals surface area contributed by atoms with Crippen molar-refractivity contribution < 1.29 is 24.9 Å². The van der Waals surface area contributed by atoms with E-state index < -0.39 is 12.2 Å². The van der Waals surface area contributed by atoms with Gasteiger partial charge in [-0.3, -0.25) is 9.79 Å². The number of ketones is 1. The molecule has 0 bridgehead atoms. The Morgan fingerprint density at radius 3 is 2.82 bits per heavy atom. The zero-order chi connectivity index (χ0) is 34.6. The molecule has 8 rings (SSSR count). The summed E-state index contributed by atoms with van der Waals surface area (Å²) in [7, 11) is 0. The predicted octanol–water partition coefficient (Wildman–Crippen LogP) is 6.34. The highest BCUT2D eigenvalue weighted by Gasteiger charge is 2.54. The maximum atomic E-state index is 12.5. The number of allylic oxidation sites excluding steroid dienone is 1. The number of aliphatic imine (C=N–C) groups is 1. The number of carbonyl (C=O) groups excluding carboxylic acids is 1. The number of anilines is 1. The van der Waals surface area contributed by atoms with E-state index >= 15 is 0 Å². The van der Waals surface area contributed by atoms with Crippen molar-refractivity contribution >= 4 is 17.7 Å². The van der Waals surface area contributed by atoms with Crippen LogP contribution < -0.4 is 15.8 Å². The lowest BCUT2D eigenvalue weighted by Crippen LogP contribution is -2.39. The summed E-state index contributed by atoms with van der Waals surface area (Å²) in [5.41, 5.74) is 18.5. The molecule has 0 amide bonds.